The van der Waals surface area contributed by atoms with E-state index < -0.39 is 5.97 Å². The molecule has 0 bridgehead atoms. The molecule has 0 aliphatic carbocycles. The van der Waals surface area contributed by atoms with Crippen molar-refractivity contribution in [3.63, 3.8) is 0 Å². The van der Waals surface area contributed by atoms with E-state index in [1.54, 1.807) is 12.1 Å². The molecular formula is C13H15N3O3. The fourth-order valence-corrected chi connectivity index (χ4v) is 2.50. The van der Waals surface area contributed by atoms with Crippen molar-refractivity contribution < 1.29 is 14.7 Å². The number of pyridine rings is 1. The van der Waals surface area contributed by atoms with Gasteiger partial charge in [0.2, 0.25) is 0 Å². The minimum atomic E-state index is -0.974. The summed E-state index contributed by atoms with van der Waals surface area (Å²) in [5.74, 6) is -0.974. The average molecular weight is 261 g/mol. The maximum atomic E-state index is 10.8. The van der Waals surface area contributed by atoms with E-state index in [1.807, 2.05) is 0 Å². The molecule has 3 rings (SSSR count). The number of piperidine rings is 1. The summed E-state index contributed by atoms with van der Waals surface area (Å²) >= 11 is 0. The van der Waals surface area contributed by atoms with Crippen molar-refractivity contribution in [2.75, 3.05) is 13.1 Å². The molecule has 2 N–H and O–H groups in total. The van der Waals surface area contributed by atoms with Crippen molar-refractivity contribution in [3.05, 3.63) is 29.6 Å². The van der Waals surface area contributed by atoms with Gasteiger partial charge in [-0.25, -0.2) is 4.79 Å². The zero-order valence-corrected chi connectivity index (χ0v) is 10.4. The number of carboxylic acid groups (broad SMARTS) is 1. The van der Waals surface area contributed by atoms with Gasteiger partial charge in [-0.1, -0.05) is 5.16 Å². The molecule has 0 amide bonds. The molecule has 1 aromatic rings. The van der Waals surface area contributed by atoms with Gasteiger partial charge in [0, 0.05) is 25.5 Å². The van der Waals surface area contributed by atoms with Crippen LogP contribution in [0.4, 0.5) is 0 Å². The monoisotopic (exact) mass is 261 g/mol. The maximum absolute atomic E-state index is 10.8. The van der Waals surface area contributed by atoms with Gasteiger partial charge in [0.25, 0.3) is 0 Å². The summed E-state index contributed by atoms with van der Waals surface area (Å²) in [4.78, 5) is 20.5. The first-order chi connectivity index (χ1) is 9.19. The number of carboxylic acids is 1. The van der Waals surface area contributed by atoms with Crippen molar-refractivity contribution in [1.82, 2.24) is 10.3 Å². The molecule has 1 saturated heterocycles. The Kier molecular flexibility index (Phi) is 2.94. The molecule has 3 heterocycles. The van der Waals surface area contributed by atoms with E-state index in [0.29, 0.717) is 5.69 Å². The second-order valence-electron chi connectivity index (χ2n) is 4.98. The Morgan fingerprint density at radius 2 is 2.16 bits per heavy atom. The highest BCUT2D eigenvalue weighted by Gasteiger charge is 2.40. The summed E-state index contributed by atoms with van der Waals surface area (Å²) in [5, 5.41) is 16.3. The lowest BCUT2D eigenvalue weighted by Gasteiger charge is -2.30. The predicted octanol–water partition coefficient (Wildman–Crippen LogP) is 1.03. The van der Waals surface area contributed by atoms with Crippen molar-refractivity contribution in [3.8, 4) is 0 Å². The molecule has 1 fully saturated rings. The number of nitrogens with one attached hydrogen (secondary N) is 1. The van der Waals surface area contributed by atoms with Gasteiger partial charge < -0.3 is 15.3 Å². The van der Waals surface area contributed by atoms with E-state index in [2.05, 4.69) is 15.5 Å². The SMILES string of the molecule is O=C(O)c1ccc(C2=NOC3(CCNCC3)C2)nc1. The molecule has 2 aliphatic heterocycles. The molecule has 0 unspecified atom stereocenters. The summed E-state index contributed by atoms with van der Waals surface area (Å²) in [6.45, 7) is 1.88. The molecule has 6 nitrogen and oxygen atoms in total. The first-order valence-electron chi connectivity index (χ1n) is 6.34. The number of hydrogen-bond donors (Lipinski definition) is 2. The Balaban J connectivity index is 1.75. The van der Waals surface area contributed by atoms with Crippen LogP contribution in [0.15, 0.2) is 23.5 Å². The molecule has 100 valence electrons. The van der Waals surface area contributed by atoms with Gasteiger partial charge in [0.1, 0.15) is 11.3 Å². The number of aromatic nitrogens is 1. The molecule has 2 aliphatic rings. The zero-order valence-electron chi connectivity index (χ0n) is 10.4. The molecule has 6 heteroatoms. The first kappa shape index (κ1) is 12.1. The van der Waals surface area contributed by atoms with E-state index in [0.717, 1.165) is 38.1 Å². The van der Waals surface area contributed by atoms with E-state index in [9.17, 15) is 4.79 Å². The molecule has 1 spiro atoms. The molecule has 0 aromatic carbocycles. The highest BCUT2D eigenvalue weighted by Crippen LogP contribution is 2.33. The fraction of sp³-hybridized carbons (Fsp3) is 0.462. The summed E-state index contributed by atoms with van der Waals surface area (Å²) in [5.41, 5.74) is 1.49. The number of aromatic carboxylic acids is 1. The van der Waals surface area contributed by atoms with E-state index in [-0.39, 0.29) is 11.2 Å². The number of oxime groups is 1. The number of nitrogens with zero attached hydrogens (tertiary/aromatic N) is 2. The van der Waals surface area contributed by atoms with Gasteiger partial charge in [-0.3, -0.25) is 4.98 Å². The summed E-state index contributed by atoms with van der Waals surface area (Å²) in [6, 6.07) is 3.23. The highest BCUT2D eigenvalue weighted by molar-refractivity contribution is 6.00. The van der Waals surface area contributed by atoms with Crippen LogP contribution in [0.2, 0.25) is 0 Å². The first-order valence-corrected chi connectivity index (χ1v) is 6.34. The van der Waals surface area contributed by atoms with Crippen molar-refractivity contribution in [2.45, 2.75) is 24.9 Å². The Bertz CT molecular complexity index is 518. The lowest BCUT2D eigenvalue weighted by molar-refractivity contribution is -0.0400. The Morgan fingerprint density at radius 1 is 1.37 bits per heavy atom. The lowest BCUT2D eigenvalue weighted by atomic mass is 9.87. The number of carbonyl (C=O) groups is 1. The summed E-state index contributed by atoms with van der Waals surface area (Å²) in [6.07, 6.45) is 3.97. The van der Waals surface area contributed by atoms with Crippen LogP contribution < -0.4 is 5.32 Å². The van der Waals surface area contributed by atoms with Crippen LogP contribution in [-0.4, -0.2) is 40.5 Å². The molecular weight excluding hydrogens is 246 g/mol. The third-order valence-electron chi connectivity index (χ3n) is 3.66. The summed E-state index contributed by atoms with van der Waals surface area (Å²) < 4.78 is 0. The van der Waals surface area contributed by atoms with Crippen LogP contribution >= 0.6 is 0 Å². The number of rotatable bonds is 2. The second-order valence-corrected chi connectivity index (χ2v) is 4.98. The largest absolute Gasteiger partial charge is 0.478 e. The zero-order chi connectivity index (χ0) is 13.3. The van der Waals surface area contributed by atoms with Crippen LogP contribution in [0.1, 0.15) is 35.3 Å². The molecule has 1 aromatic heterocycles. The predicted molar refractivity (Wildman–Crippen MR) is 68.3 cm³/mol. The van der Waals surface area contributed by atoms with Gasteiger partial charge in [-0.05, 0) is 25.2 Å². The molecule has 0 radical (unpaired) electrons. The fourth-order valence-electron chi connectivity index (χ4n) is 2.50. The van der Waals surface area contributed by atoms with E-state index in [1.165, 1.54) is 6.20 Å². The van der Waals surface area contributed by atoms with E-state index >= 15 is 0 Å². The van der Waals surface area contributed by atoms with Crippen LogP contribution in [0, 0.1) is 0 Å². The van der Waals surface area contributed by atoms with Crippen LogP contribution in [0.3, 0.4) is 0 Å². The van der Waals surface area contributed by atoms with Gasteiger partial charge in [-0.15, -0.1) is 0 Å². The van der Waals surface area contributed by atoms with Crippen LogP contribution in [0.5, 0.6) is 0 Å². The highest BCUT2D eigenvalue weighted by atomic mass is 16.7. The second kappa shape index (κ2) is 4.62. The Labute approximate surface area is 110 Å². The van der Waals surface area contributed by atoms with Crippen molar-refractivity contribution in [1.29, 1.82) is 0 Å². The van der Waals surface area contributed by atoms with Crippen LogP contribution in [0.25, 0.3) is 0 Å². The quantitative estimate of drug-likeness (QED) is 0.830. The minimum Gasteiger partial charge on any atom is -0.478 e. The Morgan fingerprint density at radius 3 is 2.79 bits per heavy atom. The maximum Gasteiger partial charge on any atom is 0.337 e. The topological polar surface area (TPSA) is 83.8 Å². The third kappa shape index (κ3) is 2.31. The lowest BCUT2D eigenvalue weighted by Crippen LogP contribution is -2.42. The van der Waals surface area contributed by atoms with Gasteiger partial charge in [-0.2, -0.15) is 0 Å². The van der Waals surface area contributed by atoms with Gasteiger partial charge >= 0.3 is 5.97 Å². The smallest absolute Gasteiger partial charge is 0.337 e. The summed E-state index contributed by atoms with van der Waals surface area (Å²) in [7, 11) is 0. The van der Waals surface area contributed by atoms with Gasteiger partial charge in [0.05, 0.1) is 11.3 Å². The van der Waals surface area contributed by atoms with Crippen molar-refractivity contribution in [2.24, 2.45) is 5.16 Å². The number of hydrogen-bond acceptors (Lipinski definition) is 5. The molecule has 0 saturated carbocycles. The van der Waals surface area contributed by atoms with Crippen molar-refractivity contribution >= 4 is 11.7 Å². The van der Waals surface area contributed by atoms with Crippen LogP contribution in [-0.2, 0) is 4.84 Å². The van der Waals surface area contributed by atoms with E-state index in [4.69, 9.17) is 9.94 Å². The minimum absolute atomic E-state index is 0.180. The Hall–Kier alpha value is -1.95. The standard InChI is InChI=1S/C13H15N3O3/c17-12(18)9-1-2-10(15-8-9)11-7-13(19-16-11)3-5-14-6-4-13/h1-2,8,14H,3-7H2,(H,17,18). The third-order valence-corrected chi connectivity index (χ3v) is 3.66. The van der Waals surface area contributed by atoms with Gasteiger partial charge in [0.15, 0.2) is 0 Å². The molecule has 19 heavy (non-hydrogen) atoms. The average Bonchev–Trinajstić information content (AvgIpc) is 2.83. The normalized spacial score (nSPS) is 20.9. The molecule has 0 atom stereocenters.